The van der Waals surface area contributed by atoms with Gasteiger partial charge in [0.2, 0.25) is 0 Å². The fraction of sp³-hybridized carbons (Fsp3) is 0.438. The smallest absolute Gasteiger partial charge is 0.117 e. The number of hydrogen-bond acceptors (Lipinski definition) is 3. The van der Waals surface area contributed by atoms with Gasteiger partial charge in [-0.25, -0.2) is 0 Å². The van der Waals surface area contributed by atoms with Crippen LogP contribution in [0, 0.1) is 5.92 Å². The number of aromatic nitrogens is 1. The third kappa shape index (κ3) is 2.87. The Morgan fingerprint density at radius 1 is 1.42 bits per heavy atom. The largest absolute Gasteiger partial charge is 0.464 e. The Kier molecular flexibility index (Phi) is 3.38. The summed E-state index contributed by atoms with van der Waals surface area (Å²) in [6, 6.07) is 8.54. The molecule has 0 aromatic carbocycles. The molecule has 0 radical (unpaired) electrons. The molecule has 1 N–H and O–H groups in total. The highest BCUT2D eigenvalue weighted by atomic mass is 16.3. The molecule has 19 heavy (non-hydrogen) atoms. The van der Waals surface area contributed by atoms with Crippen LogP contribution in [0.5, 0.6) is 0 Å². The van der Waals surface area contributed by atoms with Crippen molar-refractivity contribution in [3.63, 3.8) is 0 Å². The molecule has 3 heteroatoms. The normalized spacial score (nSPS) is 23.3. The summed E-state index contributed by atoms with van der Waals surface area (Å²) in [5.41, 5.74) is 1.20. The third-order valence-corrected chi connectivity index (χ3v) is 3.92. The minimum Gasteiger partial charge on any atom is -0.464 e. The number of pyridine rings is 1. The first-order valence-corrected chi connectivity index (χ1v) is 6.96. The minimum absolute atomic E-state index is 0.280. The fourth-order valence-corrected chi connectivity index (χ4v) is 2.41. The third-order valence-electron chi connectivity index (χ3n) is 3.92. The second kappa shape index (κ2) is 5.17. The lowest BCUT2D eigenvalue weighted by molar-refractivity contribution is 0.430. The number of nitrogens with one attached hydrogen (secondary N) is 1. The molecule has 0 amide bonds. The molecule has 3 atom stereocenters. The highest BCUT2D eigenvalue weighted by Gasteiger charge is 2.36. The lowest BCUT2D eigenvalue weighted by Gasteiger charge is -2.12. The number of nitrogens with zero attached hydrogens (tertiary/aromatic N) is 1. The molecule has 2 aromatic heterocycles. The standard InChI is InChI=1S/C16H20N2O/c1-11-8-15(11)16-6-5-14(19-16)10-18-12(2)13-4-3-7-17-9-13/h3-7,9,11-12,15,18H,8,10H2,1-2H3. The van der Waals surface area contributed by atoms with Gasteiger partial charge in [0, 0.05) is 24.4 Å². The maximum Gasteiger partial charge on any atom is 0.117 e. The van der Waals surface area contributed by atoms with Crippen molar-refractivity contribution in [2.75, 3.05) is 0 Å². The van der Waals surface area contributed by atoms with E-state index in [0.29, 0.717) is 5.92 Å². The second-order valence-corrected chi connectivity index (χ2v) is 5.51. The van der Waals surface area contributed by atoms with Gasteiger partial charge in [-0.3, -0.25) is 4.98 Å². The lowest BCUT2D eigenvalue weighted by atomic mass is 10.1. The van der Waals surface area contributed by atoms with E-state index in [0.717, 1.165) is 24.0 Å². The summed E-state index contributed by atoms with van der Waals surface area (Å²) in [6.45, 7) is 5.18. The Balaban J connectivity index is 1.56. The maximum atomic E-state index is 5.89. The van der Waals surface area contributed by atoms with Crippen LogP contribution >= 0.6 is 0 Å². The predicted molar refractivity (Wildman–Crippen MR) is 74.7 cm³/mol. The fourth-order valence-electron chi connectivity index (χ4n) is 2.41. The van der Waals surface area contributed by atoms with Crippen LogP contribution in [-0.4, -0.2) is 4.98 Å². The second-order valence-electron chi connectivity index (χ2n) is 5.51. The molecule has 2 aromatic rings. The average Bonchev–Trinajstić information content (AvgIpc) is 3.00. The van der Waals surface area contributed by atoms with E-state index < -0.39 is 0 Å². The van der Waals surface area contributed by atoms with Crippen LogP contribution in [0.1, 0.15) is 49.3 Å². The van der Waals surface area contributed by atoms with Crippen molar-refractivity contribution in [2.45, 2.75) is 38.8 Å². The van der Waals surface area contributed by atoms with Crippen molar-refractivity contribution in [3.8, 4) is 0 Å². The van der Waals surface area contributed by atoms with Gasteiger partial charge >= 0.3 is 0 Å². The first-order chi connectivity index (χ1) is 9.24. The molecular weight excluding hydrogens is 236 g/mol. The Morgan fingerprint density at radius 3 is 2.95 bits per heavy atom. The monoisotopic (exact) mass is 256 g/mol. The summed E-state index contributed by atoms with van der Waals surface area (Å²) in [7, 11) is 0. The summed E-state index contributed by atoms with van der Waals surface area (Å²) in [6.07, 6.45) is 4.97. The van der Waals surface area contributed by atoms with E-state index in [1.54, 1.807) is 6.20 Å². The van der Waals surface area contributed by atoms with Gasteiger partial charge in [0.25, 0.3) is 0 Å². The molecule has 3 rings (SSSR count). The zero-order chi connectivity index (χ0) is 13.2. The van der Waals surface area contributed by atoms with Crippen molar-refractivity contribution >= 4 is 0 Å². The van der Waals surface area contributed by atoms with E-state index in [4.69, 9.17) is 4.42 Å². The summed E-state index contributed by atoms with van der Waals surface area (Å²) in [4.78, 5) is 4.14. The van der Waals surface area contributed by atoms with Gasteiger partial charge in [-0.1, -0.05) is 13.0 Å². The predicted octanol–water partition coefficient (Wildman–Crippen LogP) is 3.65. The van der Waals surface area contributed by atoms with Gasteiger partial charge < -0.3 is 9.73 Å². The van der Waals surface area contributed by atoms with Crippen molar-refractivity contribution in [1.29, 1.82) is 0 Å². The Hall–Kier alpha value is -1.61. The summed E-state index contributed by atoms with van der Waals surface area (Å²) < 4.78 is 5.89. The highest BCUT2D eigenvalue weighted by molar-refractivity contribution is 5.18. The van der Waals surface area contributed by atoms with Gasteiger partial charge in [0.15, 0.2) is 0 Å². The molecule has 0 bridgehead atoms. The molecule has 3 nitrogen and oxygen atoms in total. The van der Waals surface area contributed by atoms with Gasteiger partial charge in [-0.2, -0.15) is 0 Å². The van der Waals surface area contributed by atoms with Crippen molar-refractivity contribution in [1.82, 2.24) is 10.3 Å². The van der Waals surface area contributed by atoms with Gasteiger partial charge in [-0.15, -0.1) is 0 Å². The first-order valence-electron chi connectivity index (χ1n) is 6.96. The van der Waals surface area contributed by atoms with E-state index in [9.17, 15) is 0 Å². The van der Waals surface area contributed by atoms with Gasteiger partial charge in [0.05, 0.1) is 6.54 Å². The van der Waals surface area contributed by atoms with Crippen LogP contribution in [0.4, 0.5) is 0 Å². The molecule has 0 saturated heterocycles. The molecule has 1 fully saturated rings. The van der Waals surface area contributed by atoms with Crippen LogP contribution in [0.3, 0.4) is 0 Å². The van der Waals surface area contributed by atoms with Crippen molar-refractivity contribution < 1.29 is 4.42 Å². The Morgan fingerprint density at radius 2 is 2.26 bits per heavy atom. The number of rotatable bonds is 5. The molecule has 1 aliphatic carbocycles. The van der Waals surface area contributed by atoms with Gasteiger partial charge in [0.1, 0.15) is 11.5 Å². The molecule has 1 aliphatic rings. The lowest BCUT2D eigenvalue weighted by Crippen LogP contribution is -2.17. The minimum atomic E-state index is 0.280. The van der Waals surface area contributed by atoms with Crippen LogP contribution in [0.25, 0.3) is 0 Å². The van der Waals surface area contributed by atoms with Crippen molar-refractivity contribution in [3.05, 3.63) is 53.7 Å². The number of hydrogen-bond donors (Lipinski definition) is 1. The van der Waals surface area contributed by atoms with Crippen LogP contribution in [-0.2, 0) is 6.54 Å². The topological polar surface area (TPSA) is 38.1 Å². The highest BCUT2D eigenvalue weighted by Crippen LogP contribution is 2.47. The van der Waals surface area contributed by atoms with Crippen LogP contribution in [0.15, 0.2) is 41.1 Å². The SMILES string of the molecule is CC(NCc1ccc(C2CC2C)o1)c1cccnc1. The zero-order valence-corrected chi connectivity index (χ0v) is 11.5. The average molecular weight is 256 g/mol. The Bertz CT molecular complexity index is 535. The van der Waals surface area contributed by atoms with E-state index in [1.165, 1.54) is 12.0 Å². The molecule has 2 heterocycles. The van der Waals surface area contributed by atoms with Crippen molar-refractivity contribution in [2.24, 2.45) is 5.92 Å². The van der Waals surface area contributed by atoms with E-state index in [-0.39, 0.29) is 6.04 Å². The quantitative estimate of drug-likeness (QED) is 0.887. The van der Waals surface area contributed by atoms with Crippen LogP contribution in [0.2, 0.25) is 0 Å². The molecule has 0 spiro atoms. The molecule has 3 unspecified atom stereocenters. The molecule has 100 valence electrons. The van der Waals surface area contributed by atoms with Crippen LogP contribution < -0.4 is 5.32 Å². The molecular formula is C16H20N2O. The Labute approximate surface area is 114 Å². The maximum absolute atomic E-state index is 5.89. The summed E-state index contributed by atoms with van der Waals surface area (Å²) >= 11 is 0. The first kappa shape index (κ1) is 12.4. The number of furan rings is 1. The van der Waals surface area contributed by atoms with E-state index >= 15 is 0 Å². The summed E-state index contributed by atoms with van der Waals surface area (Å²) in [5.74, 6) is 3.62. The molecule has 0 aliphatic heterocycles. The van der Waals surface area contributed by atoms with Gasteiger partial charge in [-0.05, 0) is 43.0 Å². The zero-order valence-electron chi connectivity index (χ0n) is 11.5. The van der Waals surface area contributed by atoms with E-state index in [2.05, 4.69) is 42.3 Å². The van der Waals surface area contributed by atoms with E-state index in [1.807, 2.05) is 12.3 Å². The summed E-state index contributed by atoms with van der Waals surface area (Å²) in [5, 5.41) is 3.47. The molecule has 1 saturated carbocycles.